The predicted molar refractivity (Wildman–Crippen MR) is 132 cm³/mol. The van der Waals surface area contributed by atoms with E-state index in [1.54, 1.807) is 41.3 Å². The van der Waals surface area contributed by atoms with Crippen molar-refractivity contribution < 1.29 is 18.0 Å². The van der Waals surface area contributed by atoms with Crippen LogP contribution in [-0.2, 0) is 27.7 Å². The van der Waals surface area contributed by atoms with Gasteiger partial charge in [0, 0.05) is 30.9 Å². The number of carbonyl (C=O) groups excluding carboxylic acids is 2. The Hall–Kier alpha value is -2.87. The molecular weight excluding hydrogens is 450 g/mol. The van der Waals surface area contributed by atoms with E-state index in [-0.39, 0.29) is 22.6 Å². The molecule has 0 aromatic heterocycles. The zero-order valence-electron chi connectivity index (χ0n) is 19.7. The Labute approximate surface area is 202 Å². The third kappa shape index (κ3) is 5.60. The molecule has 2 aliphatic rings. The van der Waals surface area contributed by atoms with Gasteiger partial charge in [-0.3, -0.25) is 14.3 Å². The van der Waals surface area contributed by atoms with Gasteiger partial charge in [0.1, 0.15) is 0 Å². The average molecular weight is 484 g/mol. The van der Waals surface area contributed by atoms with Gasteiger partial charge in [-0.1, -0.05) is 19.1 Å². The topological polar surface area (TPSA) is 95.6 Å². The predicted octanol–water partition coefficient (Wildman–Crippen LogP) is 3.74. The Kier molecular flexibility index (Phi) is 7.56. The first-order chi connectivity index (χ1) is 16.4. The van der Waals surface area contributed by atoms with Gasteiger partial charge >= 0.3 is 0 Å². The summed E-state index contributed by atoms with van der Waals surface area (Å²) in [5.74, 6) is -0.413. The molecule has 1 fully saturated rings. The van der Waals surface area contributed by atoms with E-state index < -0.39 is 10.0 Å². The van der Waals surface area contributed by atoms with Crippen molar-refractivity contribution >= 4 is 27.5 Å². The maximum atomic E-state index is 13.1. The lowest BCUT2D eigenvalue weighted by Gasteiger charge is -2.32. The number of hydrogen-bond acceptors (Lipinski definition) is 4. The van der Waals surface area contributed by atoms with Crippen LogP contribution < -0.4 is 10.0 Å². The van der Waals surface area contributed by atoms with Crippen LogP contribution in [0.25, 0.3) is 0 Å². The second-order valence-corrected chi connectivity index (χ2v) is 10.9. The number of aryl methyl sites for hydroxylation is 2. The molecule has 2 aromatic carbocycles. The third-order valence-corrected chi connectivity index (χ3v) is 8.00. The lowest BCUT2D eigenvalue weighted by Crippen LogP contribution is -2.45. The number of rotatable bonds is 7. The van der Waals surface area contributed by atoms with Crippen LogP contribution in [0.2, 0.25) is 0 Å². The van der Waals surface area contributed by atoms with E-state index in [0.717, 1.165) is 50.5 Å². The summed E-state index contributed by atoms with van der Waals surface area (Å²) < 4.78 is 28.7. The number of anilines is 1. The maximum Gasteiger partial charge on any atom is 0.261 e. The van der Waals surface area contributed by atoms with E-state index >= 15 is 0 Å². The van der Waals surface area contributed by atoms with Crippen molar-refractivity contribution in [1.82, 2.24) is 10.2 Å². The van der Waals surface area contributed by atoms with E-state index in [9.17, 15) is 18.0 Å². The Bertz CT molecular complexity index is 1160. The second-order valence-electron chi connectivity index (χ2n) is 9.21. The number of carbonyl (C=O) groups is 2. The normalized spacial score (nSPS) is 18.1. The van der Waals surface area contributed by atoms with Crippen LogP contribution in [-0.4, -0.2) is 44.8 Å². The highest BCUT2D eigenvalue weighted by Gasteiger charge is 2.29. The molecule has 2 amide bonds. The quantitative estimate of drug-likeness (QED) is 0.627. The number of benzene rings is 2. The van der Waals surface area contributed by atoms with Crippen molar-refractivity contribution in [3.63, 3.8) is 0 Å². The molecule has 8 heteroatoms. The number of sulfonamides is 1. The Morgan fingerprint density at radius 3 is 2.62 bits per heavy atom. The van der Waals surface area contributed by atoms with Gasteiger partial charge in [0.05, 0.1) is 10.8 Å². The highest BCUT2D eigenvalue weighted by atomic mass is 32.2. The van der Waals surface area contributed by atoms with Crippen LogP contribution in [0.5, 0.6) is 0 Å². The fourth-order valence-corrected chi connectivity index (χ4v) is 5.86. The van der Waals surface area contributed by atoms with Crippen LogP contribution in [0, 0.1) is 5.92 Å². The van der Waals surface area contributed by atoms with Gasteiger partial charge in [-0.15, -0.1) is 0 Å². The molecule has 182 valence electrons. The van der Waals surface area contributed by atoms with Gasteiger partial charge in [-0.25, -0.2) is 8.42 Å². The zero-order chi connectivity index (χ0) is 24.1. The molecule has 0 bridgehead atoms. The fourth-order valence-electron chi connectivity index (χ4n) is 4.76. The van der Waals surface area contributed by atoms with Crippen LogP contribution in [0.3, 0.4) is 0 Å². The zero-order valence-corrected chi connectivity index (χ0v) is 20.5. The smallest absolute Gasteiger partial charge is 0.261 e. The minimum Gasteiger partial charge on any atom is -0.356 e. The van der Waals surface area contributed by atoms with E-state index in [1.807, 2.05) is 13.0 Å². The number of likely N-dealkylation sites (tertiary alicyclic amines) is 1. The fraction of sp³-hybridized carbons (Fsp3) is 0.462. The van der Waals surface area contributed by atoms with Crippen molar-refractivity contribution in [3.8, 4) is 0 Å². The standard InChI is InChI=1S/C26H33N3O4S/c1-2-14-27-25(30)22-10-6-15-29(18-22)26(31)21-9-5-11-23(16-21)28-34(32,33)24-13-12-19-7-3-4-8-20(19)17-24/h5,9,11-13,16-17,22,28H,2-4,6-8,10,14-15,18H2,1H3,(H,27,30)/t22-/m0/s1. The number of fused-ring (bicyclic) bond motifs is 1. The molecule has 1 atom stereocenters. The highest BCUT2D eigenvalue weighted by molar-refractivity contribution is 7.92. The van der Waals surface area contributed by atoms with Crippen LogP contribution >= 0.6 is 0 Å². The first-order valence-corrected chi connectivity index (χ1v) is 13.7. The molecule has 7 nitrogen and oxygen atoms in total. The maximum absolute atomic E-state index is 13.1. The monoisotopic (exact) mass is 483 g/mol. The molecule has 4 rings (SSSR count). The van der Waals surface area contributed by atoms with E-state index in [1.165, 1.54) is 5.56 Å². The van der Waals surface area contributed by atoms with Crippen molar-refractivity contribution in [1.29, 1.82) is 0 Å². The van der Waals surface area contributed by atoms with Crippen molar-refractivity contribution in [2.45, 2.75) is 56.8 Å². The van der Waals surface area contributed by atoms with Gasteiger partial charge in [-0.05, 0) is 86.4 Å². The first-order valence-electron chi connectivity index (χ1n) is 12.2. The molecule has 1 aliphatic carbocycles. The number of hydrogen-bond donors (Lipinski definition) is 2. The Morgan fingerprint density at radius 1 is 1.03 bits per heavy atom. The number of nitrogens with one attached hydrogen (secondary N) is 2. The van der Waals surface area contributed by atoms with E-state index in [4.69, 9.17) is 0 Å². The van der Waals surface area contributed by atoms with Crippen LogP contribution in [0.4, 0.5) is 5.69 Å². The van der Waals surface area contributed by atoms with E-state index in [2.05, 4.69) is 10.0 Å². The summed E-state index contributed by atoms with van der Waals surface area (Å²) in [6.45, 7) is 3.60. The Balaban J connectivity index is 1.46. The summed E-state index contributed by atoms with van der Waals surface area (Å²) in [4.78, 5) is 27.4. The van der Waals surface area contributed by atoms with E-state index in [0.29, 0.717) is 30.9 Å². The molecule has 1 saturated heterocycles. The van der Waals surface area contributed by atoms with Gasteiger partial charge in [0.2, 0.25) is 5.91 Å². The van der Waals surface area contributed by atoms with Crippen LogP contribution in [0.15, 0.2) is 47.4 Å². The van der Waals surface area contributed by atoms with Gasteiger partial charge < -0.3 is 10.2 Å². The molecule has 0 unspecified atom stereocenters. The molecule has 34 heavy (non-hydrogen) atoms. The molecule has 1 aliphatic heterocycles. The number of amides is 2. The summed E-state index contributed by atoms with van der Waals surface area (Å²) in [7, 11) is -3.77. The molecule has 0 radical (unpaired) electrons. The number of nitrogens with zero attached hydrogens (tertiary/aromatic N) is 1. The summed E-state index contributed by atoms with van der Waals surface area (Å²) in [5, 5.41) is 2.92. The van der Waals surface area contributed by atoms with Crippen LogP contribution in [0.1, 0.15) is 60.5 Å². The average Bonchev–Trinajstić information content (AvgIpc) is 2.86. The highest BCUT2D eigenvalue weighted by Crippen LogP contribution is 2.26. The lowest BCUT2D eigenvalue weighted by molar-refractivity contribution is -0.126. The largest absolute Gasteiger partial charge is 0.356 e. The van der Waals surface area contributed by atoms with Gasteiger partial charge in [0.15, 0.2) is 0 Å². The van der Waals surface area contributed by atoms with Crippen molar-refractivity contribution in [2.75, 3.05) is 24.4 Å². The third-order valence-electron chi connectivity index (χ3n) is 6.62. The summed E-state index contributed by atoms with van der Waals surface area (Å²) in [6.07, 6.45) is 6.50. The molecule has 1 heterocycles. The molecule has 0 saturated carbocycles. The SMILES string of the molecule is CCCNC(=O)[C@H]1CCCN(C(=O)c2cccc(NS(=O)(=O)c3ccc4c(c3)CCCC4)c2)C1. The summed E-state index contributed by atoms with van der Waals surface area (Å²) >= 11 is 0. The lowest BCUT2D eigenvalue weighted by atomic mass is 9.92. The molecule has 0 spiro atoms. The first kappa shape index (κ1) is 24.3. The minimum absolute atomic E-state index is 0.00842. The molecule has 2 aromatic rings. The second kappa shape index (κ2) is 10.6. The molecular formula is C26H33N3O4S. The molecule has 2 N–H and O–H groups in total. The number of piperidine rings is 1. The van der Waals surface area contributed by atoms with Crippen molar-refractivity contribution in [2.24, 2.45) is 5.92 Å². The van der Waals surface area contributed by atoms with Crippen molar-refractivity contribution in [3.05, 3.63) is 59.2 Å². The van der Waals surface area contributed by atoms with Gasteiger partial charge in [-0.2, -0.15) is 0 Å². The summed E-state index contributed by atoms with van der Waals surface area (Å²) in [6, 6.07) is 11.9. The van der Waals surface area contributed by atoms with Gasteiger partial charge in [0.25, 0.3) is 15.9 Å². The Morgan fingerprint density at radius 2 is 1.82 bits per heavy atom. The minimum atomic E-state index is -3.77. The summed E-state index contributed by atoms with van der Waals surface area (Å²) in [5.41, 5.74) is 3.07.